The molecular weight excluding hydrogens is 262 g/mol. The van der Waals surface area contributed by atoms with Crippen LogP contribution in [0, 0.1) is 0 Å². The summed E-state index contributed by atoms with van der Waals surface area (Å²) in [5.41, 5.74) is 2.76. The zero-order valence-electron chi connectivity index (χ0n) is 12.9. The summed E-state index contributed by atoms with van der Waals surface area (Å²) in [7, 11) is 0. The molecule has 4 rings (SSSR count). The number of nitrogens with one attached hydrogen (secondary N) is 1. The van der Waals surface area contributed by atoms with E-state index in [9.17, 15) is 5.11 Å². The normalized spacial score (nSPS) is 32.9. The molecule has 1 aromatic heterocycles. The molecule has 21 heavy (non-hydrogen) atoms. The highest BCUT2D eigenvalue weighted by atomic mass is 16.3. The zero-order chi connectivity index (χ0) is 14.3. The summed E-state index contributed by atoms with van der Waals surface area (Å²) in [5.74, 6) is 0. The van der Waals surface area contributed by atoms with Crippen molar-refractivity contribution < 1.29 is 5.11 Å². The van der Waals surface area contributed by atoms with Crippen LogP contribution in [0.1, 0.15) is 68.8 Å². The second-order valence-electron chi connectivity index (χ2n) is 7.36. The van der Waals surface area contributed by atoms with Crippen LogP contribution in [0.25, 0.3) is 0 Å². The van der Waals surface area contributed by atoms with E-state index in [0.29, 0.717) is 12.1 Å². The van der Waals surface area contributed by atoms with Crippen molar-refractivity contribution in [1.82, 2.24) is 14.9 Å². The van der Waals surface area contributed by atoms with Gasteiger partial charge in [-0.3, -0.25) is 0 Å². The Morgan fingerprint density at radius 1 is 1.24 bits per heavy atom. The molecule has 3 aliphatic carbocycles. The van der Waals surface area contributed by atoms with E-state index in [2.05, 4.69) is 21.2 Å². The molecule has 0 saturated heterocycles. The third kappa shape index (κ3) is 2.64. The molecule has 2 fully saturated rings. The highest BCUT2D eigenvalue weighted by molar-refractivity contribution is 5.18. The molecule has 1 heterocycles. The van der Waals surface area contributed by atoms with Crippen LogP contribution in [-0.2, 0) is 12.8 Å². The number of imidazole rings is 1. The third-order valence-corrected chi connectivity index (χ3v) is 5.66. The van der Waals surface area contributed by atoms with E-state index in [-0.39, 0.29) is 12.1 Å². The van der Waals surface area contributed by atoms with Crippen molar-refractivity contribution in [2.45, 2.75) is 81.8 Å². The molecule has 3 aliphatic rings. The Morgan fingerprint density at radius 3 is 2.90 bits per heavy atom. The number of aliphatic hydroxyl groups excluding tert-OH is 1. The zero-order valence-corrected chi connectivity index (χ0v) is 12.9. The lowest BCUT2D eigenvalue weighted by atomic mass is 9.79. The van der Waals surface area contributed by atoms with Crippen molar-refractivity contribution in [2.75, 3.05) is 6.61 Å². The highest BCUT2D eigenvalue weighted by Crippen LogP contribution is 2.39. The predicted octanol–water partition coefficient (Wildman–Crippen LogP) is 2.36. The van der Waals surface area contributed by atoms with Gasteiger partial charge in [0, 0.05) is 23.3 Å². The lowest BCUT2D eigenvalue weighted by Gasteiger charge is -2.41. The molecule has 0 radical (unpaired) electrons. The minimum atomic E-state index is -0.0457. The Hall–Kier alpha value is -0.870. The van der Waals surface area contributed by atoms with E-state index < -0.39 is 0 Å². The van der Waals surface area contributed by atoms with E-state index in [1.807, 2.05) is 0 Å². The van der Waals surface area contributed by atoms with Gasteiger partial charge in [0.25, 0.3) is 0 Å². The molecule has 2 N–H and O–H groups in total. The monoisotopic (exact) mass is 289 g/mol. The van der Waals surface area contributed by atoms with Gasteiger partial charge >= 0.3 is 0 Å². The Morgan fingerprint density at radius 2 is 2.10 bits per heavy atom. The van der Waals surface area contributed by atoms with E-state index in [1.54, 1.807) is 0 Å². The number of aliphatic hydroxyl groups is 1. The Balaban J connectivity index is 1.55. The van der Waals surface area contributed by atoms with Gasteiger partial charge < -0.3 is 15.0 Å². The smallest absolute Gasteiger partial charge is 0.0954 e. The topological polar surface area (TPSA) is 50.1 Å². The molecule has 2 saturated carbocycles. The van der Waals surface area contributed by atoms with Crippen molar-refractivity contribution in [2.24, 2.45) is 0 Å². The van der Waals surface area contributed by atoms with Gasteiger partial charge in [-0.05, 0) is 64.2 Å². The molecule has 4 nitrogen and oxygen atoms in total. The summed E-state index contributed by atoms with van der Waals surface area (Å²) >= 11 is 0. The van der Waals surface area contributed by atoms with E-state index in [4.69, 9.17) is 0 Å². The van der Waals surface area contributed by atoms with Crippen LogP contribution in [-0.4, -0.2) is 32.8 Å². The van der Waals surface area contributed by atoms with Crippen molar-refractivity contribution in [3.63, 3.8) is 0 Å². The van der Waals surface area contributed by atoms with E-state index >= 15 is 0 Å². The Labute approximate surface area is 127 Å². The minimum Gasteiger partial charge on any atom is -0.394 e. The largest absolute Gasteiger partial charge is 0.394 e. The quantitative estimate of drug-likeness (QED) is 0.894. The highest BCUT2D eigenvalue weighted by Gasteiger charge is 2.40. The average Bonchev–Trinajstić information content (AvgIpc) is 3.23. The minimum absolute atomic E-state index is 0.0457. The van der Waals surface area contributed by atoms with Gasteiger partial charge in [-0.25, -0.2) is 4.98 Å². The van der Waals surface area contributed by atoms with Gasteiger partial charge in [-0.15, -0.1) is 0 Å². The van der Waals surface area contributed by atoms with Gasteiger partial charge in [0.2, 0.25) is 0 Å². The first-order valence-electron chi connectivity index (χ1n) is 8.73. The maximum absolute atomic E-state index is 9.98. The standard InChI is InChI=1S/C17H27N3O/c21-11-17(19-13-7-8-13)9-3-4-14(10-17)20-12-18-15-5-1-2-6-16(15)20/h12-14,19,21H,1-11H2. The number of aryl methyl sites for hydroxylation is 1. The molecule has 0 aromatic carbocycles. The van der Waals surface area contributed by atoms with E-state index in [0.717, 1.165) is 19.3 Å². The number of rotatable bonds is 4. The van der Waals surface area contributed by atoms with Crippen molar-refractivity contribution in [3.05, 3.63) is 17.7 Å². The molecular formula is C17H27N3O. The predicted molar refractivity (Wildman–Crippen MR) is 82.3 cm³/mol. The molecule has 4 heteroatoms. The van der Waals surface area contributed by atoms with Gasteiger partial charge in [0.15, 0.2) is 0 Å². The fraction of sp³-hybridized carbons (Fsp3) is 0.824. The van der Waals surface area contributed by atoms with Crippen LogP contribution in [0.4, 0.5) is 0 Å². The molecule has 0 bridgehead atoms. The summed E-state index contributed by atoms with van der Waals surface area (Å²) in [6.07, 6.45) is 14.2. The summed E-state index contributed by atoms with van der Waals surface area (Å²) in [6, 6.07) is 1.18. The number of nitrogens with zero attached hydrogens (tertiary/aromatic N) is 2. The summed E-state index contributed by atoms with van der Waals surface area (Å²) < 4.78 is 2.45. The lowest BCUT2D eigenvalue weighted by molar-refractivity contribution is 0.0951. The molecule has 0 spiro atoms. The van der Waals surface area contributed by atoms with Crippen molar-refractivity contribution in [1.29, 1.82) is 0 Å². The lowest BCUT2D eigenvalue weighted by Crippen LogP contribution is -2.52. The number of hydrogen-bond donors (Lipinski definition) is 2. The van der Waals surface area contributed by atoms with Crippen molar-refractivity contribution >= 4 is 0 Å². The first kappa shape index (κ1) is 13.8. The number of aromatic nitrogens is 2. The fourth-order valence-electron chi connectivity index (χ4n) is 4.36. The fourth-order valence-corrected chi connectivity index (χ4v) is 4.36. The maximum Gasteiger partial charge on any atom is 0.0954 e. The summed E-state index contributed by atoms with van der Waals surface area (Å²) in [6.45, 7) is 0.275. The van der Waals surface area contributed by atoms with E-state index in [1.165, 1.54) is 56.3 Å². The van der Waals surface area contributed by atoms with Crippen LogP contribution < -0.4 is 5.32 Å². The van der Waals surface area contributed by atoms with Gasteiger partial charge in [0.05, 0.1) is 18.6 Å². The molecule has 116 valence electrons. The molecule has 0 amide bonds. The SMILES string of the molecule is OCC1(NC2CC2)CCCC(n2cnc3c2CCCC3)C1. The van der Waals surface area contributed by atoms with Crippen LogP contribution in [0.3, 0.4) is 0 Å². The molecule has 2 unspecified atom stereocenters. The molecule has 2 atom stereocenters. The first-order valence-corrected chi connectivity index (χ1v) is 8.73. The number of fused-ring (bicyclic) bond motifs is 1. The van der Waals surface area contributed by atoms with Crippen LogP contribution in [0.5, 0.6) is 0 Å². The Kier molecular flexibility index (Phi) is 3.54. The summed E-state index contributed by atoms with van der Waals surface area (Å²) in [5, 5.41) is 13.7. The van der Waals surface area contributed by atoms with Crippen molar-refractivity contribution in [3.8, 4) is 0 Å². The van der Waals surface area contributed by atoms with Crippen LogP contribution >= 0.6 is 0 Å². The first-order chi connectivity index (χ1) is 10.3. The average molecular weight is 289 g/mol. The molecule has 0 aliphatic heterocycles. The number of hydrogen-bond acceptors (Lipinski definition) is 3. The van der Waals surface area contributed by atoms with Gasteiger partial charge in [-0.1, -0.05) is 0 Å². The van der Waals surface area contributed by atoms with Crippen LogP contribution in [0.15, 0.2) is 6.33 Å². The van der Waals surface area contributed by atoms with Gasteiger partial charge in [0.1, 0.15) is 0 Å². The molecule has 1 aromatic rings. The second kappa shape index (κ2) is 5.40. The second-order valence-corrected chi connectivity index (χ2v) is 7.36. The van der Waals surface area contributed by atoms with Gasteiger partial charge in [-0.2, -0.15) is 0 Å². The maximum atomic E-state index is 9.98. The Bertz CT molecular complexity index is 508. The van der Waals surface area contributed by atoms with Crippen LogP contribution in [0.2, 0.25) is 0 Å². The third-order valence-electron chi connectivity index (χ3n) is 5.66. The summed E-state index contributed by atoms with van der Waals surface area (Å²) in [4.78, 5) is 4.66.